The molecule has 0 aromatic heterocycles. The highest BCUT2D eigenvalue weighted by atomic mass is 127. The van der Waals surface area contributed by atoms with E-state index >= 15 is 0 Å². The van der Waals surface area contributed by atoms with E-state index in [0.717, 1.165) is 38.2 Å². The van der Waals surface area contributed by atoms with Crippen molar-refractivity contribution in [1.29, 1.82) is 0 Å². The summed E-state index contributed by atoms with van der Waals surface area (Å²) in [5.74, 6) is 2.27. The second kappa shape index (κ2) is 9.57. The molecule has 2 saturated heterocycles. The summed E-state index contributed by atoms with van der Waals surface area (Å²) < 4.78 is 0.331. The van der Waals surface area contributed by atoms with Gasteiger partial charge in [-0.15, -0.1) is 24.0 Å². The largest absolute Gasteiger partial charge is 0.355 e. The number of piperidine rings is 1. The van der Waals surface area contributed by atoms with Gasteiger partial charge in [0.15, 0.2) is 5.96 Å². The van der Waals surface area contributed by atoms with Crippen molar-refractivity contribution in [2.24, 2.45) is 4.99 Å². The van der Waals surface area contributed by atoms with Crippen molar-refractivity contribution < 1.29 is 0 Å². The molecule has 0 aromatic carbocycles. The number of aliphatic imine (C=N–C) groups is 1. The Hall–Kier alpha value is 0.310. The number of nitrogens with zero attached hydrogens (tertiary/aromatic N) is 3. The number of hydrogen-bond donors (Lipinski definition) is 1. The predicted octanol–water partition coefficient (Wildman–Crippen LogP) is 2.88. The Morgan fingerprint density at radius 3 is 2.73 bits per heavy atom. The number of rotatable bonds is 3. The Kier molecular flexibility index (Phi) is 8.85. The molecule has 0 spiro atoms. The van der Waals surface area contributed by atoms with E-state index in [2.05, 4.69) is 52.6 Å². The van der Waals surface area contributed by atoms with Crippen molar-refractivity contribution >= 4 is 41.7 Å². The summed E-state index contributed by atoms with van der Waals surface area (Å²) in [4.78, 5) is 9.51. The summed E-state index contributed by atoms with van der Waals surface area (Å²) in [6.07, 6.45) is 4.11. The van der Waals surface area contributed by atoms with Gasteiger partial charge in [0.25, 0.3) is 0 Å². The molecule has 2 aliphatic heterocycles. The van der Waals surface area contributed by atoms with Crippen LogP contribution >= 0.6 is 35.7 Å². The van der Waals surface area contributed by atoms with Crippen molar-refractivity contribution in [2.75, 3.05) is 45.5 Å². The molecule has 0 amide bonds. The van der Waals surface area contributed by atoms with Crippen molar-refractivity contribution in [2.45, 2.75) is 50.8 Å². The van der Waals surface area contributed by atoms with Crippen LogP contribution in [0.4, 0.5) is 0 Å². The minimum atomic E-state index is 0. The predicted molar refractivity (Wildman–Crippen MR) is 110 cm³/mol. The first kappa shape index (κ1) is 20.4. The molecule has 22 heavy (non-hydrogen) atoms. The Morgan fingerprint density at radius 2 is 2.09 bits per heavy atom. The molecule has 4 nitrogen and oxygen atoms in total. The molecule has 1 atom stereocenters. The van der Waals surface area contributed by atoms with Crippen molar-refractivity contribution in [3.8, 4) is 0 Å². The average molecular weight is 440 g/mol. The van der Waals surface area contributed by atoms with Crippen LogP contribution in [0.3, 0.4) is 0 Å². The van der Waals surface area contributed by atoms with Crippen LogP contribution in [-0.2, 0) is 0 Å². The van der Waals surface area contributed by atoms with Gasteiger partial charge in [-0.2, -0.15) is 11.8 Å². The zero-order chi connectivity index (χ0) is 15.3. The van der Waals surface area contributed by atoms with E-state index in [1.54, 1.807) is 0 Å². The number of likely N-dealkylation sites (tertiary alicyclic amines) is 1. The lowest BCUT2D eigenvalue weighted by molar-refractivity contribution is 0.163. The van der Waals surface area contributed by atoms with Crippen LogP contribution < -0.4 is 5.32 Å². The highest BCUT2D eigenvalue weighted by molar-refractivity contribution is 14.0. The molecular weight excluding hydrogens is 407 g/mol. The average Bonchev–Trinajstić information content (AvgIpc) is 2.44. The van der Waals surface area contributed by atoms with Crippen LogP contribution in [0.5, 0.6) is 0 Å². The summed E-state index contributed by atoms with van der Waals surface area (Å²) in [6, 6.07) is 0.743. The first-order valence-electron chi connectivity index (χ1n) is 8.35. The molecule has 1 N–H and O–H groups in total. The van der Waals surface area contributed by atoms with E-state index in [1.807, 2.05) is 7.05 Å². The molecule has 0 saturated carbocycles. The number of guanidine groups is 1. The lowest BCUT2D eigenvalue weighted by atomic mass is 10.0. The molecule has 0 aliphatic carbocycles. The van der Waals surface area contributed by atoms with E-state index in [4.69, 9.17) is 0 Å². The van der Waals surface area contributed by atoms with Crippen LogP contribution in [0, 0.1) is 0 Å². The second-order valence-electron chi connectivity index (χ2n) is 6.88. The maximum absolute atomic E-state index is 4.48. The molecule has 2 heterocycles. The minimum absolute atomic E-state index is 0. The number of hydrogen-bond acceptors (Lipinski definition) is 3. The Balaban J connectivity index is 0.00000242. The molecule has 0 bridgehead atoms. The van der Waals surface area contributed by atoms with Gasteiger partial charge in [0.1, 0.15) is 0 Å². The fraction of sp³-hybridized carbons (Fsp3) is 0.938. The molecule has 1 unspecified atom stereocenters. The van der Waals surface area contributed by atoms with Crippen LogP contribution in [0.15, 0.2) is 4.99 Å². The van der Waals surface area contributed by atoms with Gasteiger partial charge < -0.3 is 10.2 Å². The zero-order valence-electron chi connectivity index (χ0n) is 14.6. The molecule has 0 radical (unpaired) electrons. The van der Waals surface area contributed by atoms with Gasteiger partial charge in [-0.25, -0.2) is 0 Å². The van der Waals surface area contributed by atoms with Gasteiger partial charge in [0.2, 0.25) is 0 Å². The third-order valence-corrected chi connectivity index (χ3v) is 5.86. The van der Waals surface area contributed by atoms with Gasteiger partial charge in [-0.05, 0) is 40.2 Å². The number of thioether (sulfide) groups is 1. The van der Waals surface area contributed by atoms with E-state index in [0.29, 0.717) is 4.75 Å². The summed E-state index contributed by atoms with van der Waals surface area (Å²) in [6.45, 7) is 12.6. The summed E-state index contributed by atoms with van der Waals surface area (Å²) in [5.41, 5.74) is 0. The molecule has 130 valence electrons. The summed E-state index contributed by atoms with van der Waals surface area (Å²) >= 11 is 2.07. The standard InChI is InChI=1S/C16H32N4S.HI/c1-14-7-5-6-9-19(14)10-8-18-15(17-4)20-11-12-21-16(2,3)13-20;/h14H,5-13H2,1-4H3,(H,17,18);1H. The third-order valence-electron chi connectivity index (χ3n) is 4.56. The van der Waals surface area contributed by atoms with E-state index < -0.39 is 0 Å². The minimum Gasteiger partial charge on any atom is -0.355 e. The van der Waals surface area contributed by atoms with Crippen molar-refractivity contribution in [1.82, 2.24) is 15.1 Å². The van der Waals surface area contributed by atoms with Gasteiger partial charge in [-0.1, -0.05) is 6.42 Å². The van der Waals surface area contributed by atoms with Gasteiger partial charge in [-0.3, -0.25) is 9.89 Å². The summed E-state index contributed by atoms with van der Waals surface area (Å²) in [5, 5.41) is 3.57. The van der Waals surface area contributed by atoms with Crippen LogP contribution in [0.25, 0.3) is 0 Å². The van der Waals surface area contributed by atoms with Crippen LogP contribution in [0.1, 0.15) is 40.0 Å². The maximum Gasteiger partial charge on any atom is 0.193 e. The van der Waals surface area contributed by atoms with Crippen molar-refractivity contribution in [3.63, 3.8) is 0 Å². The first-order chi connectivity index (χ1) is 10.0. The maximum atomic E-state index is 4.48. The lowest BCUT2D eigenvalue weighted by Gasteiger charge is -2.39. The van der Waals surface area contributed by atoms with E-state index in [9.17, 15) is 0 Å². The molecule has 2 aliphatic rings. The highest BCUT2D eigenvalue weighted by Crippen LogP contribution is 2.29. The molecule has 2 rings (SSSR count). The lowest BCUT2D eigenvalue weighted by Crippen LogP contribution is -2.52. The normalized spacial score (nSPS) is 26.5. The third kappa shape index (κ3) is 6.07. The SMILES string of the molecule is CN=C(NCCN1CCCCC1C)N1CCSC(C)(C)C1.I. The monoisotopic (exact) mass is 440 g/mol. The quantitative estimate of drug-likeness (QED) is 0.416. The van der Waals surface area contributed by atoms with Crippen LogP contribution in [-0.4, -0.2) is 72.1 Å². The molecular formula is C16H33IN4S. The molecule has 2 fully saturated rings. The smallest absolute Gasteiger partial charge is 0.193 e. The zero-order valence-corrected chi connectivity index (χ0v) is 17.7. The topological polar surface area (TPSA) is 30.9 Å². The fourth-order valence-corrected chi connectivity index (χ4v) is 4.44. The first-order valence-corrected chi connectivity index (χ1v) is 9.34. The summed E-state index contributed by atoms with van der Waals surface area (Å²) in [7, 11) is 1.90. The van der Waals surface area contributed by atoms with Crippen LogP contribution in [0.2, 0.25) is 0 Å². The van der Waals surface area contributed by atoms with Gasteiger partial charge >= 0.3 is 0 Å². The Bertz CT molecular complexity index is 362. The molecule has 0 aromatic rings. The number of halogens is 1. The number of nitrogens with one attached hydrogen (secondary N) is 1. The Labute approximate surface area is 157 Å². The van der Waals surface area contributed by atoms with Gasteiger partial charge in [0.05, 0.1) is 0 Å². The van der Waals surface area contributed by atoms with Gasteiger partial charge in [0, 0.05) is 49.8 Å². The van der Waals surface area contributed by atoms with E-state index in [1.165, 1.54) is 31.6 Å². The van der Waals surface area contributed by atoms with E-state index in [-0.39, 0.29) is 24.0 Å². The fourth-order valence-electron chi connectivity index (χ4n) is 3.33. The van der Waals surface area contributed by atoms with Crippen molar-refractivity contribution in [3.05, 3.63) is 0 Å². The highest BCUT2D eigenvalue weighted by Gasteiger charge is 2.28. The molecule has 6 heteroatoms. The second-order valence-corrected chi connectivity index (χ2v) is 8.69. The Morgan fingerprint density at radius 1 is 1.32 bits per heavy atom.